The van der Waals surface area contributed by atoms with Crippen LogP contribution in [0, 0.1) is 0 Å². The molecule has 0 spiro atoms. The third-order valence-electron chi connectivity index (χ3n) is 9.94. The molecule has 3 N–H and O–H groups in total. The molecule has 1 fully saturated rings. The molecule has 13 heteroatoms. The van der Waals surface area contributed by atoms with Crippen molar-refractivity contribution in [2.45, 2.75) is 103 Å². The van der Waals surface area contributed by atoms with Crippen LogP contribution < -0.4 is 10.6 Å². The number of aliphatic hydroxyl groups excluding tert-OH is 1. The fourth-order valence-electron chi connectivity index (χ4n) is 6.15. The molecule has 52 heavy (non-hydrogen) atoms. The first-order chi connectivity index (χ1) is 24.6. The predicted molar refractivity (Wildman–Crippen MR) is 198 cm³/mol. The minimum Gasteiger partial charge on any atom is -0.391 e. The lowest BCUT2D eigenvalue weighted by molar-refractivity contribution is -0.148. The number of hydrogen-bond donors (Lipinski definition) is 3. The first-order valence-electron chi connectivity index (χ1n) is 18.1. The van der Waals surface area contributed by atoms with Crippen LogP contribution >= 0.6 is 0 Å². The largest absolute Gasteiger partial charge is 0.391 e. The van der Waals surface area contributed by atoms with Gasteiger partial charge in [-0.25, -0.2) is 0 Å². The molecule has 284 valence electrons. The van der Waals surface area contributed by atoms with Gasteiger partial charge in [0.1, 0.15) is 30.2 Å². The Labute approximate surface area is 307 Å². The summed E-state index contributed by atoms with van der Waals surface area (Å²) >= 11 is 0. The number of likely N-dealkylation sites (N-methyl/N-ethyl adjacent to an activating group) is 3. The summed E-state index contributed by atoms with van der Waals surface area (Å²) in [5, 5.41) is 16.0. The smallest absolute Gasteiger partial charge is 0.248 e. The standard InChI is InChI=1S/C39H56N6O7/c1-26(37(50)45-23-15-10-16-24-45)40-35(48)27(2)43(6)39(52)34(29(4)46)41-36(49)32(25-31-19-13-9-14-20-31)44(7)38(51)28(3)42(5)33(47)22-21-30-17-11-8-12-18-30/h8-9,11-14,17-20,26-29,32,34,46H,10,15-16,21-25H2,1-7H3,(H,40,48)(H,41,49)/t26-,27-,28-,29+,32-,34-/m0/s1. The summed E-state index contributed by atoms with van der Waals surface area (Å²) in [5.74, 6) is -2.90. The van der Waals surface area contributed by atoms with Crippen molar-refractivity contribution in [3.8, 4) is 0 Å². The molecule has 6 amide bonds. The summed E-state index contributed by atoms with van der Waals surface area (Å²) in [6.07, 6.45) is 2.32. The van der Waals surface area contributed by atoms with Crippen LogP contribution in [0.15, 0.2) is 60.7 Å². The van der Waals surface area contributed by atoms with E-state index in [-0.39, 0.29) is 24.7 Å². The second-order valence-corrected chi connectivity index (χ2v) is 13.8. The average molecular weight is 721 g/mol. The first-order valence-corrected chi connectivity index (χ1v) is 18.1. The number of piperidine rings is 1. The van der Waals surface area contributed by atoms with E-state index < -0.39 is 59.9 Å². The quantitative estimate of drug-likeness (QED) is 0.238. The number of hydrogen-bond acceptors (Lipinski definition) is 7. The van der Waals surface area contributed by atoms with Gasteiger partial charge in [-0.1, -0.05) is 60.7 Å². The summed E-state index contributed by atoms with van der Waals surface area (Å²) in [5.41, 5.74) is 1.75. The molecule has 0 aromatic heterocycles. The number of nitrogens with one attached hydrogen (secondary N) is 2. The normalized spacial score (nSPS) is 16.3. The SMILES string of the molecule is C[C@H](NC(=O)[C@H](C)N(C)C(=O)[C@@H](NC(=O)[C@H](Cc1ccccc1)N(C)C(=O)[C@H](C)N(C)C(=O)CCc1ccccc1)[C@@H](C)O)C(=O)N1CCCCC1. The molecule has 13 nitrogen and oxygen atoms in total. The van der Waals surface area contributed by atoms with Crippen LogP contribution in [0.4, 0.5) is 0 Å². The number of likely N-dealkylation sites (tertiary alicyclic amines) is 1. The molecular formula is C39H56N6O7. The van der Waals surface area contributed by atoms with Gasteiger partial charge >= 0.3 is 0 Å². The maximum atomic E-state index is 14.0. The van der Waals surface area contributed by atoms with Crippen LogP contribution in [0.25, 0.3) is 0 Å². The zero-order valence-corrected chi connectivity index (χ0v) is 31.6. The highest BCUT2D eigenvalue weighted by Crippen LogP contribution is 2.15. The highest BCUT2D eigenvalue weighted by atomic mass is 16.3. The molecule has 3 rings (SSSR count). The van der Waals surface area contributed by atoms with Crippen LogP contribution in [0.5, 0.6) is 0 Å². The zero-order valence-electron chi connectivity index (χ0n) is 31.6. The van der Waals surface area contributed by atoms with Gasteiger partial charge in [0.2, 0.25) is 35.4 Å². The fourth-order valence-corrected chi connectivity index (χ4v) is 6.15. The van der Waals surface area contributed by atoms with Gasteiger partial charge in [0.25, 0.3) is 0 Å². The first kappa shape index (κ1) is 41.6. The van der Waals surface area contributed by atoms with E-state index in [4.69, 9.17) is 0 Å². The number of carbonyl (C=O) groups excluding carboxylic acids is 6. The number of amides is 6. The van der Waals surface area contributed by atoms with Gasteiger partial charge in [0.15, 0.2) is 0 Å². The molecular weight excluding hydrogens is 664 g/mol. The van der Waals surface area contributed by atoms with Crippen LogP contribution in [-0.4, -0.2) is 131 Å². The average Bonchev–Trinajstić information content (AvgIpc) is 3.16. The van der Waals surface area contributed by atoms with E-state index in [0.717, 1.165) is 35.3 Å². The Balaban J connectivity index is 1.72. The van der Waals surface area contributed by atoms with Gasteiger partial charge in [0, 0.05) is 47.1 Å². The maximum Gasteiger partial charge on any atom is 0.248 e. The molecule has 1 heterocycles. The highest BCUT2D eigenvalue weighted by Gasteiger charge is 2.38. The number of nitrogens with zero attached hydrogens (tertiary/aromatic N) is 4. The lowest BCUT2D eigenvalue weighted by atomic mass is 10.0. The van der Waals surface area contributed by atoms with Crippen LogP contribution in [0.1, 0.15) is 64.5 Å². The third kappa shape index (κ3) is 11.4. The van der Waals surface area contributed by atoms with E-state index in [0.29, 0.717) is 19.5 Å². The van der Waals surface area contributed by atoms with E-state index >= 15 is 0 Å². The molecule has 1 aliphatic rings. The molecule has 0 aliphatic carbocycles. The molecule has 2 aromatic rings. The van der Waals surface area contributed by atoms with Gasteiger partial charge in [-0.15, -0.1) is 0 Å². The molecule has 1 saturated heterocycles. The molecule has 6 atom stereocenters. The Morgan fingerprint density at radius 1 is 0.692 bits per heavy atom. The van der Waals surface area contributed by atoms with Crippen molar-refractivity contribution in [2.24, 2.45) is 0 Å². The predicted octanol–water partition coefficient (Wildman–Crippen LogP) is 1.77. The van der Waals surface area contributed by atoms with Crippen LogP contribution in [-0.2, 0) is 41.6 Å². The number of rotatable bonds is 16. The number of carbonyl (C=O) groups is 6. The van der Waals surface area contributed by atoms with Gasteiger partial charge < -0.3 is 35.3 Å². The Bertz CT molecular complexity index is 1520. The van der Waals surface area contributed by atoms with E-state index in [2.05, 4.69) is 10.6 Å². The maximum absolute atomic E-state index is 14.0. The lowest BCUT2D eigenvalue weighted by Gasteiger charge is -2.35. The molecule has 0 bridgehead atoms. The van der Waals surface area contributed by atoms with Crippen molar-refractivity contribution in [3.63, 3.8) is 0 Å². The third-order valence-corrected chi connectivity index (χ3v) is 9.94. The van der Waals surface area contributed by atoms with E-state index in [9.17, 15) is 33.9 Å². The number of aryl methyl sites for hydroxylation is 1. The van der Waals surface area contributed by atoms with Crippen molar-refractivity contribution in [1.29, 1.82) is 0 Å². The summed E-state index contributed by atoms with van der Waals surface area (Å²) in [4.78, 5) is 86.1. The zero-order chi connectivity index (χ0) is 38.5. The van der Waals surface area contributed by atoms with Gasteiger partial charge in [0.05, 0.1) is 6.10 Å². The second kappa shape index (κ2) is 19.7. The van der Waals surface area contributed by atoms with E-state index in [1.54, 1.807) is 37.9 Å². The summed E-state index contributed by atoms with van der Waals surface area (Å²) in [6.45, 7) is 7.32. The summed E-state index contributed by atoms with van der Waals surface area (Å²) in [7, 11) is 4.41. The van der Waals surface area contributed by atoms with Crippen molar-refractivity contribution in [1.82, 2.24) is 30.2 Å². The fraction of sp³-hybridized carbons (Fsp3) is 0.538. The summed E-state index contributed by atoms with van der Waals surface area (Å²) < 4.78 is 0. The topological polar surface area (TPSA) is 160 Å². The Morgan fingerprint density at radius 3 is 1.81 bits per heavy atom. The minimum atomic E-state index is -1.46. The molecule has 2 aromatic carbocycles. The van der Waals surface area contributed by atoms with Crippen LogP contribution in [0.3, 0.4) is 0 Å². The van der Waals surface area contributed by atoms with Gasteiger partial charge in [-0.2, -0.15) is 0 Å². The molecule has 1 aliphatic heterocycles. The van der Waals surface area contributed by atoms with Crippen molar-refractivity contribution >= 4 is 35.4 Å². The minimum absolute atomic E-state index is 0.0889. The van der Waals surface area contributed by atoms with Gasteiger partial charge in [-0.05, 0) is 64.5 Å². The lowest BCUT2D eigenvalue weighted by Crippen LogP contribution is -2.61. The van der Waals surface area contributed by atoms with Crippen molar-refractivity contribution in [3.05, 3.63) is 71.8 Å². The summed E-state index contributed by atoms with van der Waals surface area (Å²) in [6, 6.07) is 13.3. The van der Waals surface area contributed by atoms with E-state index in [1.165, 1.54) is 37.7 Å². The second-order valence-electron chi connectivity index (χ2n) is 13.8. The van der Waals surface area contributed by atoms with Gasteiger partial charge in [-0.3, -0.25) is 28.8 Å². The molecule has 0 radical (unpaired) electrons. The van der Waals surface area contributed by atoms with Crippen LogP contribution in [0.2, 0.25) is 0 Å². The Kier molecular flexibility index (Phi) is 15.8. The van der Waals surface area contributed by atoms with Crippen molar-refractivity contribution in [2.75, 3.05) is 34.2 Å². The molecule has 0 unspecified atom stereocenters. The Hall–Kier alpha value is -4.78. The van der Waals surface area contributed by atoms with Crippen molar-refractivity contribution < 1.29 is 33.9 Å². The van der Waals surface area contributed by atoms with E-state index in [1.807, 2.05) is 48.5 Å². The number of benzene rings is 2. The Morgan fingerprint density at radius 2 is 1.25 bits per heavy atom. The molecule has 0 saturated carbocycles. The monoisotopic (exact) mass is 720 g/mol. The highest BCUT2D eigenvalue weighted by molar-refractivity contribution is 5.96. The number of aliphatic hydroxyl groups is 1.